The number of hydrogen-bond acceptors (Lipinski definition) is 6. The molecule has 3 N–H and O–H groups in total. The summed E-state index contributed by atoms with van der Waals surface area (Å²) in [4.78, 5) is 0. The highest BCUT2D eigenvalue weighted by Crippen LogP contribution is 2.40. The zero-order chi connectivity index (χ0) is 21.4. The van der Waals surface area contributed by atoms with E-state index in [2.05, 4.69) is 51.1 Å². The third-order valence-corrected chi connectivity index (χ3v) is 5.79. The number of ether oxygens (including phenoxy) is 2. The largest absolute Gasteiger partial charge is 0.476 e. The Morgan fingerprint density at radius 3 is 2.66 bits per heavy atom. The molecule has 0 amide bonds. The Bertz CT molecular complexity index is 788. The number of hydrazine groups is 1. The van der Waals surface area contributed by atoms with Crippen LogP contribution in [0.5, 0.6) is 5.88 Å². The van der Waals surface area contributed by atoms with Crippen LogP contribution in [0.2, 0.25) is 0 Å². The van der Waals surface area contributed by atoms with E-state index < -0.39 is 0 Å². The van der Waals surface area contributed by atoms with E-state index in [1.165, 1.54) is 0 Å². The predicted molar refractivity (Wildman–Crippen MR) is 115 cm³/mol. The molecule has 1 aromatic rings. The average molecular weight is 404 g/mol. The van der Waals surface area contributed by atoms with Crippen molar-refractivity contribution in [1.82, 2.24) is 20.1 Å². The lowest BCUT2D eigenvalue weighted by Crippen LogP contribution is -2.40. The summed E-state index contributed by atoms with van der Waals surface area (Å²) >= 11 is 0. The summed E-state index contributed by atoms with van der Waals surface area (Å²) in [6.07, 6.45) is 6.92. The summed E-state index contributed by atoms with van der Waals surface area (Å²) in [5.41, 5.74) is 2.05. The quantitative estimate of drug-likeness (QED) is 0.736. The minimum atomic E-state index is -0.149. The van der Waals surface area contributed by atoms with Crippen LogP contribution in [0.1, 0.15) is 53.5 Å². The van der Waals surface area contributed by atoms with Gasteiger partial charge in [-0.3, -0.25) is 5.01 Å². The van der Waals surface area contributed by atoms with Gasteiger partial charge in [0.2, 0.25) is 11.8 Å². The molecule has 0 saturated carbocycles. The Hall–Kier alpha value is -1.99. The molecule has 3 rings (SSSR count). The predicted octanol–water partition coefficient (Wildman–Crippen LogP) is 2.94. The van der Waals surface area contributed by atoms with Gasteiger partial charge in [-0.05, 0) is 25.8 Å². The van der Waals surface area contributed by atoms with Crippen molar-refractivity contribution in [2.45, 2.75) is 72.1 Å². The number of nitrogens with zero attached hydrogens (tertiary/aromatic N) is 3. The minimum absolute atomic E-state index is 0.0109. The van der Waals surface area contributed by atoms with E-state index in [0.717, 1.165) is 35.9 Å². The van der Waals surface area contributed by atoms with Crippen molar-refractivity contribution >= 4 is 0 Å². The first-order chi connectivity index (χ1) is 13.6. The van der Waals surface area contributed by atoms with Gasteiger partial charge in [-0.15, -0.1) is 0 Å². The van der Waals surface area contributed by atoms with Crippen molar-refractivity contribution in [1.29, 1.82) is 0 Å². The van der Waals surface area contributed by atoms with Crippen LogP contribution in [-0.2, 0) is 16.7 Å². The molecule has 29 heavy (non-hydrogen) atoms. The molecule has 2 aliphatic rings. The first kappa shape index (κ1) is 21.7. The van der Waals surface area contributed by atoms with Crippen LogP contribution in [0.15, 0.2) is 29.8 Å². The maximum atomic E-state index is 6.38. The number of likely N-dealkylation sites (N-methyl/N-ethyl adjacent to an activating group) is 1. The summed E-state index contributed by atoms with van der Waals surface area (Å²) in [6, 6.07) is 0.289. The molecule has 1 aromatic heterocycles. The Kier molecular flexibility index (Phi) is 6.01. The van der Waals surface area contributed by atoms with Gasteiger partial charge in [0.1, 0.15) is 12.7 Å². The molecule has 0 bridgehead atoms. The first-order valence-corrected chi connectivity index (χ1v) is 10.5. The average Bonchev–Trinajstić information content (AvgIpc) is 3.21. The zero-order valence-electron chi connectivity index (χ0n) is 19.0. The minimum Gasteiger partial charge on any atom is -0.476 e. The lowest BCUT2D eigenvalue weighted by molar-refractivity contribution is 0.125. The van der Waals surface area contributed by atoms with Crippen molar-refractivity contribution < 1.29 is 9.47 Å². The van der Waals surface area contributed by atoms with Gasteiger partial charge in [-0.25, -0.2) is 10.5 Å². The van der Waals surface area contributed by atoms with Crippen molar-refractivity contribution in [3.63, 3.8) is 0 Å². The number of nitrogens with one attached hydrogen (secondary N) is 1. The Morgan fingerprint density at radius 1 is 1.31 bits per heavy atom. The van der Waals surface area contributed by atoms with Crippen LogP contribution in [0, 0.1) is 5.41 Å². The lowest BCUT2D eigenvalue weighted by Gasteiger charge is -2.30. The fourth-order valence-electron chi connectivity index (χ4n) is 4.11. The van der Waals surface area contributed by atoms with Crippen LogP contribution in [0.25, 0.3) is 0 Å². The number of rotatable bonds is 5. The van der Waals surface area contributed by atoms with Gasteiger partial charge in [0.15, 0.2) is 0 Å². The van der Waals surface area contributed by atoms with Gasteiger partial charge in [0.05, 0.1) is 25.3 Å². The Morgan fingerprint density at radius 2 is 2.03 bits per heavy atom. The highest BCUT2D eigenvalue weighted by molar-refractivity contribution is 5.34. The molecule has 2 aliphatic heterocycles. The highest BCUT2D eigenvalue weighted by atomic mass is 16.5. The fourth-order valence-corrected chi connectivity index (χ4v) is 4.11. The molecule has 1 saturated heterocycles. The van der Waals surface area contributed by atoms with Crippen molar-refractivity contribution in [2.75, 3.05) is 20.2 Å². The first-order valence-electron chi connectivity index (χ1n) is 10.5. The molecule has 0 radical (unpaired) electrons. The number of aromatic nitrogens is 2. The molecule has 7 heteroatoms. The molecule has 0 aromatic carbocycles. The normalized spacial score (nSPS) is 24.5. The Labute approximate surface area is 174 Å². The third-order valence-electron chi connectivity index (χ3n) is 5.79. The van der Waals surface area contributed by atoms with E-state index in [1.807, 2.05) is 30.9 Å². The molecule has 3 heterocycles. The second-order valence-electron chi connectivity index (χ2n) is 9.79. The van der Waals surface area contributed by atoms with Crippen LogP contribution in [0.3, 0.4) is 0 Å². The van der Waals surface area contributed by atoms with Crippen LogP contribution >= 0.6 is 0 Å². The fraction of sp³-hybridized carbons (Fsp3) is 0.682. The monoisotopic (exact) mass is 403 g/mol. The van der Waals surface area contributed by atoms with Gasteiger partial charge in [0.25, 0.3) is 0 Å². The second kappa shape index (κ2) is 8.03. The molecule has 1 unspecified atom stereocenters. The number of nitrogens with two attached hydrogens (primary N) is 1. The maximum Gasteiger partial charge on any atom is 0.215 e. The number of fused-ring (bicyclic) bond motifs is 1. The molecule has 0 aliphatic carbocycles. The highest BCUT2D eigenvalue weighted by Gasteiger charge is 2.38. The van der Waals surface area contributed by atoms with E-state index >= 15 is 0 Å². The second-order valence-corrected chi connectivity index (χ2v) is 9.79. The van der Waals surface area contributed by atoms with Crippen LogP contribution in [0.4, 0.5) is 0 Å². The van der Waals surface area contributed by atoms with Gasteiger partial charge in [-0.1, -0.05) is 46.8 Å². The van der Waals surface area contributed by atoms with Crippen molar-refractivity contribution in [2.24, 2.45) is 11.3 Å². The molecule has 1 fully saturated rings. The summed E-state index contributed by atoms with van der Waals surface area (Å²) in [6.45, 7) is 15.2. The number of allylic oxidation sites excluding steroid dienone is 3. The van der Waals surface area contributed by atoms with E-state index in [9.17, 15) is 0 Å². The smallest absolute Gasteiger partial charge is 0.215 e. The summed E-state index contributed by atoms with van der Waals surface area (Å²) in [7, 11) is 1.95. The summed E-state index contributed by atoms with van der Waals surface area (Å²) in [5.74, 6) is 8.00. The van der Waals surface area contributed by atoms with E-state index in [1.54, 1.807) is 5.01 Å². The molecule has 162 valence electrons. The topological polar surface area (TPSA) is 77.6 Å². The van der Waals surface area contributed by atoms with Gasteiger partial charge < -0.3 is 14.8 Å². The summed E-state index contributed by atoms with van der Waals surface area (Å²) in [5, 5.41) is 9.58. The Balaban J connectivity index is 1.80. The van der Waals surface area contributed by atoms with Crippen molar-refractivity contribution in [3.8, 4) is 5.88 Å². The van der Waals surface area contributed by atoms with Gasteiger partial charge in [-0.2, -0.15) is 5.10 Å². The van der Waals surface area contributed by atoms with Crippen LogP contribution < -0.4 is 15.9 Å². The third kappa shape index (κ3) is 4.46. The van der Waals surface area contributed by atoms with E-state index in [4.69, 9.17) is 15.3 Å². The van der Waals surface area contributed by atoms with E-state index in [-0.39, 0.29) is 23.0 Å². The zero-order valence-corrected chi connectivity index (χ0v) is 19.0. The molecule has 7 nitrogen and oxygen atoms in total. The van der Waals surface area contributed by atoms with Crippen LogP contribution in [-0.4, -0.2) is 47.1 Å². The molecular formula is C22H37N5O2. The molecule has 0 spiro atoms. The number of hydrogen-bond donors (Lipinski definition) is 2. The standard InChI is InChI=1S/C22H37N5O2/c1-8-9-17(21(2,3)4)19-26(23)13-16(29-19)10-22(5,6)18-11-25-27-12-15(24-7)14-28-20(18)27/h8-9,11,15-16,24H,10,12-14,23H2,1-7H3/b9-8-,19-17-/t15-,16?/m1/s1. The van der Waals surface area contributed by atoms with Gasteiger partial charge in [0, 0.05) is 16.6 Å². The molecular weight excluding hydrogens is 366 g/mol. The molecule has 2 atom stereocenters. The van der Waals surface area contributed by atoms with Gasteiger partial charge >= 0.3 is 0 Å². The summed E-state index contributed by atoms with van der Waals surface area (Å²) < 4.78 is 14.4. The van der Waals surface area contributed by atoms with Crippen molar-refractivity contribution in [3.05, 3.63) is 35.4 Å². The van der Waals surface area contributed by atoms with E-state index in [0.29, 0.717) is 13.2 Å². The maximum absolute atomic E-state index is 6.38. The SMILES string of the molecule is C/C=C\C(=C1\OC(CC(C)(C)c2cnn3c2OC[C@H](NC)C3)CN1N)C(C)(C)C. The lowest BCUT2D eigenvalue weighted by atomic mass is 9.81.